The third-order valence-electron chi connectivity index (χ3n) is 2.83. The molecule has 0 radical (unpaired) electrons. The van der Waals surface area contributed by atoms with Gasteiger partial charge in [-0.3, -0.25) is 0 Å². The summed E-state index contributed by atoms with van der Waals surface area (Å²) in [4.78, 5) is 3.10. The molecule has 16 heavy (non-hydrogen) atoms. The van der Waals surface area contributed by atoms with Gasteiger partial charge < -0.3 is 10.1 Å². The van der Waals surface area contributed by atoms with Crippen LogP contribution in [-0.4, -0.2) is 19.3 Å². The van der Waals surface area contributed by atoms with Crippen molar-refractivity contribution in [1.82, 2.24) is 5.32 Å². The van der Waals surface area contributed by atoms with E-state index in [4.69, 9.17) is 4.74 Å². The summed E-state index contributed by atoms with van der Waals surface area (Å²) in [6, 6.07) is 2.38. The maximum Gasteiger partial charge on any atom is 0.0594 e. The average Bonchev–Trinajstić information content (AvgIpc) is 2.76. The minimum Gasteiger partial charge on any atom is -0.377 e. The van der Waals surface area contributed by atoms with Gasteiger partial charge in [0.2, 0.25) is 0 Å². The first-order valence-electron chi connectivity index (χ1n) is 6.18. The van der Waals surface area contributed by atoms with Crippen molar-refractivity contribution in [2.75, 3.05) is 13.2 Å². The number of hydrogen-bond acceptors (Lipinski definition) is 3. The molecule has 0 saturated carbocycles. The lowest BCUT2D eigenvalue weighted by atomic mass is 10.2. The maximum atomic E-state index is 5.48. The van der Waals surface area contributed by atoms with Crippen molar-refractivity contribution >= 4 is 11.3 Å². The van der Waals surface area contributed by atoms with Crippen LogP contribution in [0.2, 0.25) is 0 Å². The van der Waals surface area contributed by atoms with Crippen LogP contribution in [-0.2, 0) is 24.1 Å². The molecule has 0 fully saturated rings. The third-order valence-corrected chi connectivity index (χ3v) is 4.06. The van der Waals surface area contributed by atoms with Gasteiger partial charge in [0.25, 0.3) is 0 Å². The van der Waals surface area contributed by atoms with E-state index >= 15 is 0 Å². The highest BCUT2D eigenvalue weighted by Crippen LogP contribution is 2.30. The van der Waals surface area contributed by atoms with Crippen LogP contribution in [0.4, 0.5) is 0 Å². The lowest BCUT2D eigenvalue weighted by molar-refractivity contribution is 0.0807. The largest absolute Gasteiger partial charge is 0.377 e. The molecular formula is C13H21NOS. The van der Waals surface area contributed by atoms with Gasteiger partial charge in [-0.05, 0) is 44.7 Å². The van der Waals surface area contributed by atoms with Gasteiger partial charge in [-0.15, -0.1) is 11.3 Å². The first-order chi connectivity index (χ1) is 7.75. The standard InChI is InChI=1S/C13H21NOS/c1-10(2)15-7-6-14-9-12-8-11-4-3-5-13(11)16-12/h8,10,14H,3-7,9H2,1-2H3. The molecule has 1 aliphatic carbocycles. The topological polar surface area (TPSA) is 21.3 Å². The first-order valence-corrected chi connectivity index (χ1v) is 7.00. The summed E-state index contributed by atoms with van der Waals surface area (Å²) in [5, 5.41) is 3.43. The van der Waals surface area contributed by atoms with Gasteiger partial charge in [-0.25, -0.2) is 0 Å². The Kier molecular flexibility index (Phi) is 4.38. The van der Waals surface area contributed by atoms with Crippen LogP contribution in [0.3, 0.4) is 0 Å². The van der Waals surface area contributed by atoms with Crippen LogP contribution in [0.25, 0.3) is 0 Å². The van der Waals surface area contributed by atoms with Crippen LogP contribution in [0, 0.1) is 0 Å². The van der Waals surface area contributed by atoms with Gasteiger partial charge >= 0.3 is 0 Å². The van der Waals surface area contributed by atoms with E-state index in [2.05, 4.69) is 25.2 Å². The van der Waals surface area contributed by atoms with Crippen molar-refractivity contribution in [2.45, 2.75) is 45.8 Å². The zero-order valence-electron chi connectivity index (χ0n) is 10.2. The normalized spacial score (nSPS) is 14.7. The fourth-order valence-electron chi connectivity index (χ4n) is 2.06. The Balaban J connectivity index is 1.66. The molecule has 0 aromatic carbocycles. The zero-order valence-corrected chi connectivity index (χ0v) is 11.0. The van der Waals surface area contributed by atoms with Gasteiger partial charge in [-0.2, -0.15) is 0 Å². The van der Waals surface area contributed by atoms with Crippen LogP contribution in [0.5, 0.6) is 0 Å². The highest BCUT2D eigenvalue weighted by Gasteiger charge is 2.14. The quantitative estimate of drug-likeness (QED) is 0.771. The van der Waals surface area contributed by atoms with E-state index in [1.54, 1.807) is 10.4 Å². The molecule has 90 valence electrons. The summed E-state index contributed by atoms with van der Waals surface area (Å²) in [5.74, 6) is 0. The summed E-state index contributed by atoms with van der Waals surface area (Å²) >= 11 is 1.98. The lowest BCUT2D eigenvalue weighted by Crippen LogP contribution is -2.20. The number of thiophene rings is 1. The summed E-state index contributed by atoms with van der Waals surface area (Å²) in [6.07, 6.45) is 4.29. The Morgan fingerprint density at radius 2 is 2.31 bits per heavy atom. The highest BCUT2D eigenvalue weighted by atomic mass is 32.1. The Hall–Kier alpha value is -0.380. The summed E-state index contributed by atoms with van der Waals surface area (Å²) in [7, 11) is 0. The van der Waals surface area contributed by atoms with E-state index < -0.39 is 0 Å². The maximum absolute atomic E-state index is 5.48. The van der Waals surface area contributed by atoms with Crippen LogP contribution >= 0.6 is 11.3 Å². The molecule has 1 aromatic rings. The molecule has 0 amide bonds. The Morgan fingerprint density at radius 1 is 1.44 bits per heavy atom. The Labute approximate surface area is 102 Å². The molecule has 3 heteroatoms. The number of fused-ring (bicyclic) bond motifs is 1. The van der Waals surface area contributed by atoms with E-state index in [1.165, 1.54) is 24.1 Å². The molecule has 2 rings (SSSR count). The molecule has 0 atom stereocenters. The van der Waals surface area contributed by atoms with Crippen LogP contribution in [0.1, 0.15) is 35.6 Å². The lowest BCUT2D eigenvalue weighted by Gasteiger charge is -2.07. The molecule has 2 nitrogen and oxygen atoms in total. The van der Waals surface area contributed by atoms with E-state index in [0.717, 1.165) is 19.7 Å². The molecule has 1 heterocycles. The second kappa shape index (κ2) is 5.80. The van der Waals surface area contributed by atoms with E-state index in [9.17, 15) is 0 Å². The molecule has 0 unspecified atom stereocenters. The number of nitrogens with one attached hydrogen (secondary N) is 1. The average molecular weight is 239 g/mol. The van der Waals surface area contributed by atoms with Crippen molar-refractivity contribution in [3.63, 3.8) is 0 Å². The van der Waals surface area contributed by atoms with Gasteiger partial charge in [0, 0.05) is 22.8 Å². The van der Waals surface area contributed by atoms with Gasteiger partial charge in [0.05, 0.1) is 12.7 Å². The summed E-state index contributed by atoms with van der Waals surface area (Å²) in [5.41, 5.74) is 1.60. The highest BCUT2D eigenvalue weighted by molar-refractivity contribution is 7.12. The number of hydrogen-bond donors (Lipinski definition) is 1. The molecule has 0 spiro atoms. The summed E-state index contributed by atoms with van der Waals surface area (Å²) in [6.45, 7) is 6.90. The SMILES string of the molecule is CC(C)OCCNCc1cc2c(s1)CCC2. The molecule has 1 N–H and O–H groups in total. The van der Waals surface area contributed by atoms with Gasteiger partial charge in [0.1, 0.15) is 0 Å². The van der Waals surface area contributed by atoms with Gasteiger partial charge in [-0.1, -0.05) is 0 Å². The molecular weight excluding hydrogens is 218 g/mol. The van der Waals surface area contributed by atoms with E-state index in [1.807, 2.05) is 11.3 Å². The molecule has 1 aromatic heterocycles. The number of rotatable bonds is 6. The number of ether oxygens (including phenoxy) is 1. The Bertz CT molecular complexity index is 311. The fourth-order valence-corrected chi connectivity index (χ4v) is 3.29. The van der Waals surface area contributed by atoms with Gasteiger partial charge in [0.15, 0.2) is 0 Å². The van der Waals surface area contributed by atoms with Crippen molar-refractivity contribution in [1.29, 1.82) is 0 Å². The second-order valence-electron chi connectivity index (χ2n) is 4.61. The predicted molar refractivity (Wildman–Crippen MR) is 69.1 cm³/mol. The molecule has 1 aliphatic rings. The molecule has 0 aliphatic heterocycles. The van der Waals surface area contributed by atoms with E-state index in [-0.39, 0.29) is 0 Å². The van der Waals surface area contributed by atoms with Crippen LogP contribution < -0.4 is 5.32 Å². The van der Waals surface area contributed by atoms with Crippen LogP contribution in [0.15, 0.2) is 6.07 Å². The third kappa shape index (κ3) is 3.30. The predicted octanol–water partition coefficient (Wildman–Crippen LogP) is 2.75. The van der Waals surface area contributed by atoms with Crippen molar-refractivity contribution in [2.24, 2.45) is 0 Å². The minimum atomic E-state index is 0.340. The van der Waals surface area contributed by atoms with E-state index in [0.29, 0.717) is 6.10 Å². The smallest absolute Gasteiger partial charge is 0.0594 e. The minimum absolute atomic E-state index is 0.340. The Morgan fingerprint density at radius 3 is 3.06 bits per heavy atom. The van der Waals surface area contributed by atoms with Crippen molar-refractivity contribution < 1.29 is 4.74 Å². The molecule has 0 saturated heterocycles. The summed E-state index contributed by atoms with van der Waals surface area (Å²) < 4.78 is 5.48. The monoisotopic (exact) mass is 239 g/mol. The van der Waals surface area contributed by atoms with Crippen molar-refractivity contribution in [3.05, 3.63) is 21.4 Å². The molecule has 0 bridgehead atoms. The number of aryl methyl sites for hydroxylation is 2. The second-order valence-corrected chi connectivity index (χ2v) is 5.83. The van der Waals surface area contributed by atoms with Crippen molar-refractivity contribution in [3.8, 4) is 0 Å². The first kappa shape index (κ1) is 12.1. The fraction of sp³-hybridized carbons (Fsp3) is 0.692. The zero-order chi connectivity index (χ0) is 11.4.